The maximum absolute atomic E-state index is 6.09. The fourth-order valence-electron chi connectivity index (χ4n) is 2.20. The van der Waals surface area contributed by atoms with Gasteiger partial charge < -0.3 is 10.5 Å². The van der Waals surface area contributed by atoms with Crippen LogP contribution in [0.15, 0.2) is 18.2 Å². The van der Waals surface area contributed by atoms with Crippen LogP contribution in [0.5, 0.6) is 0 Å². The first-order valence-corrected chi connectivity index (χ1v) is 6.72. The molecule has 0 aliphatic heterocycles. The smallest absolute Gasteiger partial charge is 0.0749 e. The van der Waals surface area contributed by atoms with Crippen molar-refractivity contribution in [1.82, 2.24) is 0 Å². The monoisotopic (exact) mass is 273 g/mol. The molecule has 17 heavy (non-hydrogen) atoms. The van der Waals surface area contributed by atoms with Gasteiger partial charge in [0, 0.05) is 21.7 Å². The molecule has 0 radical (unpaired) electrons. The van der Waals surface area contributed by atoms with Crippen LogP contribution in [0.4, 0.5) is 0 Å². The summed E-state index contributed by atoms with van der Waals surface area (Å²) in [5.41, 5.74) is 6.79. The molecule has 1 aliphatic carbocycles. The van der Waals surface area contributed by atoms with Crippen LogP contribution in [-0.2, 0) is 11.3 Å². The van der Waals surface area contributed by atoms with Crippen molar-refractivity contribution in [2.75, 3.05) is 0 Å². The summed E-state index contributed by atoms with van der Waals surface area (Å²) in [6.07, 6.45) is 4.50. The van der Waals surface area contributed by atoms with Gasteiger partial charge in [-0.15, -0.1) is 0 Å². The third-order valence-corrected chi connectivity index (χ3v) is 3.90. The zero-order valence-corrected chi connectivity index (χ0v) is 11.2. The Hall–Kier alpha value is -0.280. The first kappa shape index (κ1) is 13.2. The molecule has 2 unspecified atom stereocenters. The van der Waals surface area contributed by atoms with E-state index in [2.05, 4.69) is 0 Å². The minimum Gasteiger partial charge on any atom is -0.373 e. The molecule has 94 valence electrons. The third kappa shape index (κ3) is 3.59. The Morgan fingerprint density at radius 3 is 2.59 bits per heavy atom. The highest BCUT2D eigenvalue weighted by Gasteiger charge is 2.20. The van der Waals surface area contributed by atoms with Crippen LogP contribution < -0.4 is 5.73 Å². The summed E-state index contributed by atoms with van der Waals surface area (Å²) >= 11 is 12.2. The lowest BCUT2D eigenvalue weighted by atomic mass is 9.93. The number of hydrogen-bond donors (Lipinski definition) is 1. The van der Waals surface area contributed by atoms with Gasteiger partial charge in [-0.1, -0.05) is 29.3 Å². The molecule has 0 amide bonds. The van der Waals surface area contributed by atoms with Crippen LogP contribution in [0.25, 0.3) is 0 Å². The van der Waals surface area contributed by atoms with Crippen molar-refractivity contribution in [2.45, 2.75) is 44.4 Å². The van der Waals surface area contributed by atoms with Gasteiger partial charge in [0.05, 0.1) is 12.7 Å². The Balaban J connectivity index is 1.93. The zero-order valence-electron chi connectivity index (χ0n) is 9.66. The summed E-state index contributed by atoms with van der Waals surface area (Å²) in [6.45, 7) is 0.468. The van der Waals surface area contributed by atoms with Crippen LogP contribution in [0, 0.1) is 0 Å². The molecule has 0 aromatic heterocycles. The van der Waals surface area contributed by atoms with Crippen LogP contribution in [0.2, 0.25) is 10.0 Å². The van der Waals surface area contributed by atoms with E-state index < -0.39 is 0 Å². The highest BCUT2D eigenvalue weighted by atomic mass is 35.5. The van der Waals surface area contributed by atoms with Gasteiger partial charge >= 0.3 is 0 Å². The topological polar surface area (TPSA) is 35.2 Å². The Morgan fingerprint density at radius 1 is 1.24 bits per heavy atom. The largest absolute Gasteiger partial charge is 0.373 e. The fraction of sp³-hybridized carbons (Fsp3) is 0.538. The van der Waals surface area contributed by atoms with Crippen LogP contribution in [0.1, 0.15) is 31.2 Å². The SMILES string of the molecule is NC1CCCC(OCc2c(Cl)cccc2Cl)C1. The molecule has 0 spiro atoms. The molecule has 0 saturated heterocycles. The van der Waals surface area contributed by atoms with Gasteiger partial charge in [-0.3, -0.25) is 0 Å². The van der Waals surface area contributed by atoms with E-state index in [1.54, 1.807) is 0 Å². The molecule has 1 aromatic carbocycles. The molecule has 0 heterocycles. The van der Waals surface area contributed by atoms with Crippen LogP contribution in [0.3, 0.4) is 0 Å². The molecule has 2 nitrogen and oxygen atoms in total. The normalized spacial score (nSPS) is 24.9. The van der Waals surface area contributed by atoms with Gasteiger partial charge in [0.15, 0.2) is 0 Å². The van der Waals surface area contributed by atoms with Gasteiger partial charge in [-0.2, -0.15) is 0 Å². The molecule has 2 N–H and O–H groups in total. The van der Waals surface area contributed by atoms with Gasteiger partial charge in [-0.05, 0) is 37.8 Å². The van der Waals surface area contributed by atoms with E-state index in [0.717, 1.165) is 31.2 Å². The average molecular weight is 274 g/mol. The summed E-state index contributed by atoms with van der Waals surface area (Å²) in [6, 6.07) is 5.78. The lowest BCUT2D eigenvalue weighted by Crippen LogP contribution is -2.32. The van der Waals surface area contributed by atoms with Crippen molar-refractivity contribution >= 4 is 23.2 Å². The standard InChI is InChI=1S/C13H17Cl2NO/c14-12-5-2-6-13(15)11(12)8-17-10-4-1-3-9(16)7-10/h2,5-6,9-10H,1,3-4,7-8,16H2. The van der Waals surface area contributed by atoms with Crippen LogP contribution >= 0.6 is 23.2 Å². The summed E-state index contributed by atoms with van der Waals surface area (Å²) < 4.78 is 5.85. The van der Waals surface area contributed by atoms with E-state index in [0.29, 0.717) is 16.7 Å². The van der Waals surface area contributed by atoms with Crippen molar-refractivity contribution in [1.29, 1.82) is 0 Å². The quantitative estimate of drug-likeness (QED) is 0.910. The van der Waals surface area contributed by atoms with Gasteiger partial charge in [0.2, 0.25) is 0 Å². The molecular formula is C13H17Cl2NO. The molecule has 2 rings (SSSR count). The van der Waals surface area contributed by atoms with Crippen molar-refractivity contribution in [2.24, 2.45) is 5.73 Å². The maximum atomic E-state index is 6.09. The highest BCUT2D eigenvalue weighted by molar-refractivity contribution is 6.35. The molecule has 1 fully saturated rings. The maximum Gasteiger partial charge on any atom is 0.0749 e. The second kappa shape index (κ2) is 6.05. The highest BCUT2D eigenvalue weighted by Crippen LogP contribution is 2.27. The van der Waals surface area contributed by atoms with Crippen molar-refractivity contribution < 1.29 is 4.74 Å². The average Bonchev–Trinajstić information content (AvgIpc) is 2.28. The van der Waals surface area contributed by atoms with Gasteiger partial charge in [0.25, 0.3) is 0 Å². The van der Waals surface area contributed by atoms with Gasteiger partial charge in [-0.25, -0.2) is 0 Å². The summed E-state index contributed by atoms with van der Waals surface area (Å²) in [5, 5.41) is 1.33. The minimum atomic E-state index is 0.242. The fourth-order valence-corrected chi connectivity index (χ4v) is 2.71. The number of ether oxygens (including phenoxy) is 1. The summed E-state index contributed by atoms with van der Waals surface area (Å²) in [5.74, 6) is 0. The van der Waals surface area contributed by atoms with Gasteiger partial charge in [0.1, 0.15) is 0 Å². The van der Waals surface area contributed by atoms with E-state index in [4.69, 9.17) is 33.7 Å². The third-order valence-electron chi connectivity index (χ3n) is 3.19. The first-order chi connectivity index (χ1) is 8.16. The summed E-state index contributed by atoms with van der Waals surface area (Å²) in [7, 11) is 0. The molecule has 1 aromatic rings. The van der Waals surface area contributed by atoms with Crippen LogP contribution in [-0.4, -0.2) is 12.1 Å². The van der Waals surface area contributed by atoms with Crippen molar-refractivity contribution in [3.63, 3.8) is 0 Å². The lowest BCUT2D eigenvalue weighted by Gasteiger charge is -2.26. The number of benzene rings is 1. The van der Waals surface area contributed by atoms with E-state index in [-0.39, 0.29) is 12.1 Å². The van der Waals surface area contributed by atoms with E-state index in [1.807, 2.05) is 18.2 Å². The Kier molecular flexibility index (Phi) is 4.69. The molecule has 0 bridgehead atoms. The molecule has 1 saturated carbocycles. The summed E-state index contributed by atoms with van der Waals surface area (Å²) in [4.78, 5) is 0. The first-order valence-electron chi connectivity index (χ1n) is 5.97. The number of rotatable bonds is 3. The van der Waals surface area contributed by atoms with E-state index >= 15 is 0 Å². The number of nitrogens with two attached hydrogens (primary N) is 1. The Morgan fingerprint density at radius 2 is 1.94 bits per heavy atom. The number of hydrogen-bond acceptors (Lipinski definition) is 2. The molecule has 2 atom stereocenters. The second-order valence-electron chi connectivity index (χ2n) is 4.56. The van der Waals surface area contributed by atoms with E-state index in [1.165, 1.54) is 0 Å². The number of halogens is 2. The van der Waals surface area contributed by atoms with Crippen molar-refractivity contribution in [3.05, 3.63) is 33.8 Å². The predicted molar refractivity (Wildman–Crippen MR) is 71.5 cm³/mol. The Labute approximate surface area is 112 Å². The second-order valence-corrected chi connectivity index (χ2v) is 5.37. The lowest BCUT2D eigenvalue weighted by molar-refractivity contribution is 0.0123. The Bertz CT molecular complexity index is 363. The van der Waals surface area contributed by atoms with E-state index in [9.17, 15) is 0 Å². The minimum absolute atomic E-state index is 0.242. The van der Waals surface area contributed by atoms with Crippen molar-refractivity contribution in [3.8, 4) is 0 Å². The molecule has 4 heteroatoms. The predicted octanol–water partition coefficient (Wildman–Crippen LogP) is 3.78. The molecular weight excluding hydrogens is 257 g/mol. The molecule has 1 aliphatic rings. The zero-order chi connectivity index (χ0) is 12.3.